The number of allylic oxidation sites excluding steroid dienone is 4. The summed E-state index contributed by atoms with van der Waals surface area (Å²) < 4.78 is 0. The van der Waals surface area contributed by atoms with Crippen molar-refractivity contribution in [2.45, 2.75) is 19.3 Å². The van der Waals surface area contributed by atoms with Gasteiger partial charge in [-0.05, 0) is 0 Å². The van der Waals surface area contributed by atoms with Gasteiger partial charge in [-0.3, -0.25) is 9.59 Å². The molecule has 1 aliphatic heterocycles. The number of amides is 2. The van der Waals surface area contributed by atoms with Gasteiger partial charge in [0.15, 0.2) is 0 Å². The molecular weight excluding hydrogens is 222 g/mol. The number of imide groups is 1. The van der Waals surface area contributed by atoms with Crippen LogP contribution in [0, 0.1) is 0 Å². The summed E-state index contributed by atoms with van der Waals surface area (Å²) in [6, 6.07) is 0. The molecule has 0 atom stereocenters. The minimum atomic E-state index is -0.642. The fourth-order valence-corrected chi connectivity index (χ4v) is 1.18. The Kier molecular flexibility index (Phi) is 4.87. The number of hydroxylamine groups is 2. The van der Waals surface area contributed by atoms with Crippen LogP contribution in [0.25, 0.3) is 0 Å². The quantitative estimate of drug-likeness (QED) is 0.532. The van der Waals surface area contributed by atoms with Crippen molar-refractivity contribution >= 4 is 17.8 Å². The van der Waals surface area contributed by atoms with E-state index >= 15 is 0 Å². The zero-order valence-electron chi connectivity index (χ0n) is 9.30. The standard InChI is InChI=1S/C12H13NO4/c1-2-3-4-5-6-7-12(16)17-13-10(14)8-9-11(13)15/h2-6H,1,7-9H2/b4-3+,6-5+. The fourth-order valence-electron chi connectivity index (χ4n) is 1.18. The summed E-state index contributed by atoms with van der Waals surface area (Å²) in [7, 11) is 0. The molecule has 90 valence electrons. The maximum absolute atomic E-state index is 11.3. The zero-order chi connectivity index (χ0) is 12.7. The van der Waals surface area contributed by atoms with Crippen molar-refractivity contribution in [1.29, 1.82) is 0 Å². The van der Waals surface area contributed by atoms with Gasteiger partial charge >= 0.3 is 5.97 Å². The highest BCUT2D eigenvalue weighted by atomic mass is 16.7. The van der Waals surface area contributed by atoms with Crippen molar-refractivity contribution in [1.82, 2.24) is 5.06 Å². The second-order valence-electron chi connectivity index (χ2n) is 3.30. The summed E-state index contributed by atoms with van der Waals surface area (Å²) in [5, 5.41) is 0.537. The Hall–Kier alpha value is -2.17. The van der Waals surface area contributed by atoms with Crippen molar-refractivity contribution in [3.63, 3.8) is 0 Å². The largest absolute Gasteiger partial charge is 0.336 e. The smallest absolute Gasteiger partial charge is 0.330 e. The summed E-state index contributed by atoms with van der Waals surface area (Å²) in [5.41, 5.74) is 0. The van der Waals surface area contributed by atoms with Crippen LogP contribution in [0.4, 0.5) is 0 Å². The number of hydrogen-bond acceptors (Lipinski definition) is 4. The van der Waals surface area contributed by atoms with Crippen LogP contribution >= 0.6 is 0 Å². The maximum Gasteiger partial charge on any atom is 0.336 e. The Morgan fingerprint density at radius 2 is 1.88 bits per heavy atom. The van der Waals surface area contributed by atoms with Crippen LogP contribution in [0.2, 0.25) is 0 Å². The van der Waals surface area contributed by atoms with E-state index in [9.17, 15) is 14.4 Å². The molecular formula is C12H13NO4. The van der Waals surface area contributed by atoms with Gasteiger partial charge in [-0.2, -0.15) is 0 Å². The molecule has 17 heavy (non-hydrogen) atoms. The van der Waals surface area contributed by atoms with Crippen molar-refractivity contribution in [3.8, 4) is 0 Å². The average Bonchev–Trinajstić information content (AvgIpc) is 2.60. The lowest BCUT2D eigenvalue weighted by atomic mass is 10.3. The molecule has 0 radical (unpaired) electrons. The Morgan fingerprint density at radius 3 is 2.47 bits per heavy atom. The summed E-state index contributed by atoms with van der Waals surface area (Å²) >= 11 is 0. The third kappa shape index (κ3) is 4.06. The van der Waals surface area contributed by atoms with E-state index in [-0.39, 0.29) is 19.3 Å². The maximum atomic E-state index is 11.3. The molecule has 0 aromatic rings. The topological polar surface area (TPSA) is 63.7 Å². The van der Waals surface area contributed by atoms with E-state index in [2.05, 4.69) is 11.4 Å². The van der Waals surface area contributed by atoms with Gasteiger partial charge < -0.3 is 4.84 Å². The molecule has 0 bridgehead atoms. The van der Waals surface area contributed by atoms with Gasteiger partial charge in [0.2, 0.25) is 0 Å². The fraction of sp³-hybridized carbons (Fsp3) is 0.250. The van der Waals surface area contributed by atoms with E-state index in [1.54, 1.807) is 30.4 Å². The molecule has 1 aliphatic rings. The van der Waals surface area contributed by atoms with E-state index in [1.807, 2.05) is 0 Å². The molecule has 0 spiro atoms. The zero-order valence-corrected chi connectivity index (χ0v) is 9.30. The highest BCUT2D eigenvalue weighted by Crippen LogP contribution is 2.12. The molecule has 0 unspecified atom stereocenters. The molecule has 1 fully saturated rings. The van der Waals surface area contributed by atoms with Crippen molar-refractivity contribution in [3.05, 3.63) is 37.0 Å². The van der Waals surface area contributed by atoms with E-state index < -0.39 is 17.8 Å². The second-order valence-corrected chi connectivity index (χ2v) is 3.30. The predicted molar refractivity (Wildman–Crippen MR) is 60.3 cm³/mol. The molecule has 1 heterocycles. The summed E-state index contributed by atoms with van der Waals surface area (Å²) in [6.45, 7) is 3.48. The first-order chi connectivity index (χ1) is 8.15. The lowest BCUT2D eigenvalue weighted by Crippen LogP contribution is -2.31. The van der Waals surface area contributed by atoms with Gasteiger partial charge in [0, 0.05) is 12.8 Å². The monoisotopic (exact) mass is 235 g/mol. The van der Waals surface area contributed by atoms with E-state index in [1.165, 1.54) is 0 Å². The number of carbonyl (C=O) groups is 3. The minimum Gasteiger partial charge on any atom is -0.330 e. The Bertz CT molecular complexity index is 379. The Morgan fingerprint density at radius 1 is 1.24 bits per heavy atom. The van der Waals surface area contributed by atoms with Gasteiger partial charge in [0.1, 0.15) is 0 Å². The van der Waals surface area contributed by atoms with Crippen LogP contribution in [0.3, 0.4) is 0 Å². The van der Waals surface area contributed by atoms with Crippen molar-refractivity contribution in [2.24, 2.45) is 0 Å². The SMILES string of the molecule is C=C/C=C/C=C/CC(=O)ON1C(=O)CCC1=O. The van der Waals surface area contributed by atoms with Crippen molar-refractivity contribution < 1.29 is 19.2 Å². The van der Waals surface area contributed by atoms with Gasteiger partial charge in [-0.25, -0.2) is 4.79 Å². The van der Waals surface area contributed by atoms with E-state index in [4.69, 9.17) is 0 Å². The molecule has 5 heteroatoms. The molecule has 0 N–H and O–H groups in total. The molecule has 0 aromatic heterocycles. The predicted octanol–water partition coefficient (Wildman–Crippen LogP) is 1.28. The number of rotatable bonds is 5. The van der Waals surface area contributed by atoms with Crippen LogP contribution in [0.5, 0.6) is 0 Å². The highest BCUT2D eigenvalue weighted by molar-refractivity contribution is 6.01. The third-order valence-electron chi connectivity index (χ3n) is 1.98. The van der Waals surface area contributed by atoms with E-state index in [0.29, 0.717) is 5.06 Å². The van der Waals surface area contributed by atoms with Crippen LogP contribution in [0.15, 0.2) is 37.0 Å². The molecule has 0 aliphatic carbocycles. The second kappa shape index (κ2) is 6.42. The van der Waals surface area contributed by atoms with Gasteiger partial charge in [-0.1, -0.05) is 37.0 Å². The average molecular weight is 235 g/mol. The molecule has 0 saturated carbocycles. The molecule has 2 amide bonds. The van der Waals surface area contributed by atoms with Crippen molar-refractivity contribution in [2.75, 3.05) is 0 Å². The van der Waals surface area contributed by atoms with Crippen LogP contribution < -0.4 is 0 Å². The highest BCUT2D eigenvalue weighted by Gasteiger charge is 2.32. The van der Waals surface area contributed by atoms with Crippen LogP contribution in [-0.2, 0) is 19.2 Å². The number of carbonyl (C=O) groups excluding carboxylic acids is 3. The minimum absolute atomic E-state index is 0.00145. The molecule has 0 aromatic carbocycles. The molecule has 1 saturated heterocycles. The summed E-state index contributed by atoms with van der Waals surface area (Å²) in [4.78, 5) is 38.1. The molecule has 5 nitrogen and oxygen atoms in total. The van der Waals surface area contributed by atoms with E-state index in [0.717, 1.165) is 0 Å². The number of nitrogens with zero attached hydrogens (tertiary/aromatic N) is 1. The molecule has 1 rings (SSSR count). The lowest BCUT2D eigenvalue weighted by Gasteiger charge is -2.11. The number of hydrogen-bond donors (Lipinski definition) is 0. The third-order valence-corrected chi connectivity index (χ3v) is 1.98. The van der Waals surface area contributed by atoms with Crippen LogP contribution in [0.1, 0.15) is 19.3 Å². The van der Waals surface area contributed by atoms with Gasteiger partial charge in [0.05, 0.1) is 6.42 Å². The Labute approximate surface area is 99.0 Å². The summed E-state index contributed by atoms with van der Waals surface area (Å²) in [5.74, 6) is -1.59. The first-order valence-electron chi connectivity index (χ1n) is 5.16. The first-order valence-corrected chi connectivity index (χ1v) is 5.16. The Balaban J connectivity index is 2.37. The summed E-state index contributed by atoms with van der Waals surface area (Å²) in [6.07, 6.45) is 8.42. The van der Waals surface area contributed by atoms with Gasteiger partial charge in [0.25, 0.3) is 11.8 Å². The normalized spacial score (nSPS) is 16.1. The van der Waals surface area contributed by atoms with Crippen LogP contribution in [-0.4, -0.2) is 22.8 Å². The first kappa shape index (κ1) is 12.9. The lowest BCUT2D eigenvalue weighted by molar-refractivity contribution is -0.196. The van der Waals surface area contributed by atoms with Gasteiger partial charge in [-0.15, -0.1) is 5.06 Å².